The molecule has 2 fully saturated rings. The summed E-state index contributed by atoms with van der Waals surface area (Å²) in [5.74, 6) is 0.525. The first-order valence-corrected chi connectivity index (χ1v) is 7.28. The lowest BCUT2D eigenvalue weighted by molar-refractivity contribution is -0.137. The molecule has 0 unspecified atom stereocenters. The topological polar surface area (TPSA) is 48.5 Å². The van der Waals surface area contributed by atoms with Crippen molar-refractivity contribution in [3.63, 3.8) is 0 Å². The van der Waals surface area contributed by atoms with Crippen LogP contribution in [0.2, 0.25) is 0 Å². The van der Waals surface area contributed by atoms with Crippen LogP contribution >= 0.6 is 0 Å². The molecular formula is C14H17F3N4O. The number of carbonyl (C=O) groups excluding carboxylic acids is 1. The minimum Gasteiger partial charge on any atom is -0.355 e. The minimum atomic E-state index is -4.37. The summed E-state index contributed by atoms with van der Waals surface area (Å²) in [7, 11) is 0. The Kier molecular flexibility index (Phi) is 3.84. The van der Waals surface area contributed by atoms with Gasteiger partial charge in [0.1, 0.15) is 5.82 Å². The number of hydrogen-bond donors (Lipinski definition) is 1. The first kappa shape index (κ1) is 14.9. The molecule has 2 amide bonds. The fourth-order valence-electron chi connectivity index (χ4n) is 2.99. The Bertz CT molecular complexity index is 546. The number of anilines is 1. The van der Waals surface area contributed by atoms with Crippen molar-refractivity contribution in [1.29, 1.82) is 0 Å². The monoisotopic (exact) mass is 314 g/mol. The molecule has 1 aromatic rings. The van der Waals surface area contributed by atoms with Gasteiger partial charge in [-0.15, -0.1) is 0 Å². The van der Waals surface area contributed by atoms with Gasteiger partial charge in [-0.25, -0.2) is 9.78 Å². The van der Waals surface area contributed by atoms with E-state index in [-0.39, 0.29) is 12.1 Å². The van der Waals surface area contributed by atoms with Gasteiger partial charge in [0.05, 0.1) is 11.6 Å². The van der Waals surface area contributed by atoms with E-state index in [1.165, 1.54) is 6.07 Å². The lowest BCUT2D eigenvalue weighted by Gasteiger charge is -2.37. The van der Waals surface area contributed by atoms with Gasteiger partial charge >= 0.3 is 12.2 Å². The quantitative estimate of drug-likeness (QED) is 0.909. The molecule has 0 spiro atoms. The van der Waals surface area contributed by atoms with Gasteiger partial charge in [-0.3, -0.25) is 0 Å². The molecule has 22 heavy (non-hydrogen) atoms. The van der Waals surface area contributed by atoms with Crippen LogP contribution in [0.5, 0.6) is 0 Å². The van der Waals surface area contributed by atoms with Crippen LogP contribution in [0.1, 0.15) is 18.4 Å². The second kappa shape index (κ2) is 5.66. The maximum atomic E-state index is 12.6. The number of rotatable bonds is 2. The number of piperidine rings is 1. The van der Waals surface area contributed by atoms with Crippen LogP contribution in [0.3, 0.4) is 0 Å². The van der Waals surface area contributed by atoms with Crippen molar-refractivity contribution in [2.75, 3.05) is 31.1 Å². The summed E-state index contributed by atoms with van der Waals surface area (Å²) in [6.07, 6.45) is -1.72. The van der Waals surface area contributed by atoms with Crippen LogP contribution in [0.25, 0.3) is 0 Å². The van der Waals surface area contributed by atoms with E-state index >= 15 is 0 Å². The summed E-state index contributed by atoms with van der Waals surface area (Å²) in [6, 6.07) is 2.47. The molecule has 2 aliphatic rings. The molecule has 1 atom stereocenters. The van der Waals surface area contributed by atoms with E-state index in [9.17, 15) is 18.0 Å². The maximum Gasteiger partial charge on any atom is 0.417 e. The molecule has 3 heterocycles. The lowest BCUT2D eigenvalue weighted by atomic mass is 10.0. The molecule has 8 heteroatoms. The highest BCUT2D eigenvalue weighted by Crippen LogP contribution is 2.30. The number of urea groups is 1. The van der Waals surface area contributed by atoms with Crippen LogP contribution in [0, 0.1) is 0 Å². The van der Waals surface area contributed by atoms with Crippen molar-refractivity contribution >= 4 is 11.8 Å². The summed E-state index contributed by atoms with van der Waals surface area (Å²) in [6.45, 7) is 2.67. The molecule has 120 valence electrons. The van der Waals surface area contributed by atoms with E-state index < -0.39 is 11.7 Å². The molecule has 3 rings (SSSR count). The zero-order valence-corrected chi connectivity index (χ0v) is 11.9. The SMILES string of the molecule is O=C1NCCN1[C@@H]1CCCN(c2ccc(C(F)(F)F)cn2)C1. The molecule has 0 aliphatic carbocycles. The molecule has 2 saturated heterocycles. The Morgan fingerprint density at radius 2 is 2.09 bits per heavy atom. The number of hydrogen-bond acceptors (Lipinski definition) is 3. The van der Waals surface area contributed by atoms with Crippen molar-refractivity contribution in [3.05, 3.63) is 23.9 Å². The number of aromatic nitrogens is 1. The summed E-state index contributed by atoms with van der Waals surface area (Å²) in [5.41, 5.74) is -0.747. The Balaban J connectivity index is 1.70. The Morgan fingerprint density at radius 1 is 1.27 bits per heavy atom. The van der Waals surface area contributed by atoms with Gasteiger partial charge in [-0.2, -0.15) is 13.2 Å². The number of halogens is 3. The van der Waals surface area contributed by atoms with Crippen molar-refractivity contribution in [2.45, 2.75) is 25.1 Å². The molecule has 0 aromatic carbocycles. The average molecular weight is 314 g/mol. The molecule has 5 nitrogen and oxygen atoms in total. The van der Waals surface area contributed by atoms with Crippen molar-refractivity contribution in [1.82, 2.24) is 15.2 Å². The summed E-state index contributed by atoms with van der Waals surface area (Å²) >= 11 is 0. The van der Waals surface area contributed by atoms with Gasteiger partial charge in [0, 0.05) is 32.4 Å². The highest BCUT2D eigenvalue weighted by atomic mass is 19.4. The molecule has 1 N–H and O–H groups in total. The maximum absolute atomic E-state index is 12.6. The predicted octanol–water partition coefficient (Wildman–Crippen LogP) is 2.09. The third kappa shape index (κ3) is 2.95. The number of carbonyl (C=O) groups is 1. The van der Waals surface area contributed by atoms with Crippen LogP contribution in [-0.2, 0) is 6.18 Å². The Labute approximate surface area is 126 Å². The normalized spacial score (nSPS) is 22.9. The molecular weight excluding hydrogens is 297 g/mol. The summed E-state index contributed by atoms with van der Waals surface area (Å²) in [5, 5.41) is 2.77. The summed E-state index contributed by atoms with van der Waals surface area (Å²) in [4.78, 5) is 19.4. The number of nitrogens with zero attached hydrogens (tertiary/aromatic N) is 3. The van der Waals surface area contributed by atoms with Crippen molar-refractivity contribution in [3.8, 4) is 0 Å². The van der Waals surface area contributed by atoms with E-state index in [1.807, 2.05) is 4.90 Å². The molecule has 0 radical (unpaired) electrons. The number of amides is 2. The fraction of sp³-hybridized carbons (Fsp3) is 0.571. The van der Waals surface area contributed by atoms with E-state index in [1.54, 1.807) is 4.90 Å². The average Bonchev–Trinajstić information content (AvgIpc) is 2.93. The molecule has 0 saturated carbocycles. The van der Waals surface area contributed by atoms with Gasteiger partial charge in [0.2, 0.25) is 0 Å². The molecule has 0 bridgehead atoms. The van der Waals surface area contributed by atoms with Gasteiger partial charge < -0.3 is 15.1 Å². The summed E-state index contributed by atoms with van der Waals surface area (Å²) < 4.78 is 37.7. The third-order valence-corrected chi connectivity index (χ3v) is 4.13. The second-order valence-electron chi connectivity index (χ2n) is 5.57. The van der Waals surface area contributed by atoms with Crippen molar-refractivity contribution < 1.29 is 18.0 Å². The first-order chi connectivity index (χ1) is 10.4. The highest BCUT2D eigenvalue weighted by Gasteiger charge is 2.33. The van der Waals surface area contributed by atoms with Gasteiger partial charge in [-0.1, -0.05) is 0 Å². The van der Waals surface area contributed by atoms with Crippen LogP contribution in [-0.4, -0.2) is 48.1 Å². The number of alkyl halides is 3. The Hall–Kier alpha value is -1.99. The number of pyridine rings is 1. The number of nitrogens with one attached hydrogen (secondary N) is 1. The predicted molar refractivity (Wildman–Crippen MR) is 74.6 cm³/mol. The molecule has 1 aromatic heterocycles. The van der Waals surface area contributed by atoms with E-state index in [2.05, 4.69) is 10.3 Å². The standard InChI is InChI=1S/C14H17F3N4O/c15-14(16,17)10-3-4-12(19-8-10)20-6-1-2-11(9-20)21-7-5-18-13(21)22/h3-4,8,11H,1-2,5-7,9H2,(H,18,22)/t11-/m1/s1. The zero-order chi connectivity index (χ0) is 15.7. The van der Waals surface area contributed by atoms with Crippen molar-refractivity contribution in [2.24, 2.45) is 0 Å². The van der Waals surface area contributed by atoms with Crippen LogP contribution in [0.15, 0.2) is 18.3 Å². The van der Waals surface area contributed by atoms with E-state index in [0.717, 1.165) is 31.6 Å². The minimum absolute atomic E-state index is 0.0628. The fourth-order valence-corrected chi connectivity index (χ4v) is 2.99. The smallest absolute Gasteiger partial charge is 0.355 e. The largest absolute Gasteiger partial charge is 0.417 e. The van der Waals surface area contributed by atoms with Crippen LogP contribution < -0.4 is 10.2 Å². The zero-order valence-electron chi connectivity index (χ0n) is 11.9. The van der Waals surface area contributed by atoms with E-state index in [4.69, 9.17) is 0 Å². The Morgan fingerprint density at radius 3 is 2.68 bits per heavy atom. The lowest BCUT2D eigenvalue weighted by Crippen LogP contribution is -2.49. The third-order valence-electron chi connectivity index (χ3n) is 4.13. The van der Waals surface area contributed by atoms with Crippen LogP contribution in [0.4, 0.5) is 23.8 Å². The van der Waals surface area contributed by atoms with E-state index in [0.29, 0.717) is 25.5 Å². The second-order valence-corrected chi connectivity index (χ2v) is 5.57. The highest BCUT2D eigenvalue weighted by molar-refractivity contribution is 5.76. The molecule has 2 aliphatic heterocycles. The van der Waals surface area contributed by atoms with Gasteiger partial charge in [-0.05, 0) is 25.0 Å². The van der Waals surface area contributed by atoms with Gasteiger partial charge in [0.25, 0.3) is 0 Å². The van der Waals surface area contributed by atoms with Gasteiger partial charge in [0.15, 0.2) is 0 Å². The first-order valence-electron chi connectivity index (χ1n) is 7.28.